The Morgan fingerprint density at radius 1 is 0.769 bits per heavy atom. The highest BCUT2D eigenvalue weighted by atomic mass is 14.5. The Morgan fingerprint density at radius 2 is 1.31 bits per heavy atom. The summed E-state index contributed by atoms with van der Waals surface area (Å²) in [4.78, 5) is 0. The van der Waals surface area contributed by atoms with E-state index in [0.717, 1.165) is 0 Å². The smallest absolute Gasteiger partial charge is 0.0645 e. The van der Waals surface area contributed by atoms with Gasteiger partial charge in [-0.3, -0.25) is 0 Å². The largest absolute Gasteiger partial charge is 0.399 e. The molecule has 0 aliphatic heterocycles. The van der Waals surface area contributed by atoms with Crippen molar-refractivity contribution in [2.75, 3.05) is 5.73 Å². The molecule has 13 heavy (non-hydrogen) atoms. The average molecular weight is 178 g/mol. The predicted octanol–water partition coefficient (Wildman–Crippen LogP) is 2.94. The number of anilines is 1. The van der Waals surface area contributed by atoms with E-state index >= 15 is 0 Å². The molecule has 0 spiro atoms. The zero-order chi connectivity index (χ0) is 16.9. The molecular formula is C12H11N. The van der Waals surface area contributed by atoms with Gasteiger partial charge in [0.15, 0.2) is 0 Å². The van der Waals surface area contributed by atoms with E-state index in [2.05, 4.69) is 0 Å². The van der Waals surface area contributed by atoms with Gasteiger partial charge in [0, 0.05) is 5.69 Å². The standard InChI is InChI=1S/C12H11N/c13-12-8-6-11(7-9-12)10-4-2-1-3-5-10/h1-9H,13H2/i1D,2D,3D,4D,5D,6D,7D,8D,9D. The lowest BCUT2D eigenvalue weighted by molar-refractivity contribution is 1.61. The highest BCUT2D eigenvalue weighted by Gasteiger charge is 1.94. The first-order chi connectivity index (χ1) is 10.1. The Hall–Kier alpha value is -1.76. The molecule has 0 amide bonds. The molecule has 2 rings (SSSR count). The van der Waals surface area contributed by atoms with E-state index in [0.29, 0.717) is 0 Å². The van der Waals surface area contributed by atoms with Crippen molar-refractivity contribution in [3.8, 4) is 11.1 Å². The minimum Gasteiger partial charge on any atom is -0.399 e. The molecule has 64 valence electrons. The number of hydrogen-bond donors (Lipinski definition) is 1. The maximum atomic E-state index is 7.89. The van der Waals surface area contributed by atoms with E-state index in [1.807, 2.05) is 0 Å². The molecule has 0 saturated heterocycles. The molecule has 0 aliphatic rings. The van der Waals surface area contributed by atoms with Crippen LogP contribution in [0.15, 0.2) is 54.4 Å². The maximum absolute atomic E-state index is 7.89. The molecule has 2 aromatic rings. The summed E-state index contributed by atoms with van der Waals surface area (Å²) < 4.78 is 69.7. The molecule has 0 fully saturated rings. The second kappa shape index (κ2) is 3.31. The first-order valence-corrected chi connectivity index (χ1v) is 3.54. The summed E-state index contributed by atoms with van der Waals surface area (Å²) in [6.07, 6.45) is 0. The Bertz CT molecular complexity index is 675. The molecule has 2 aromatic carbocycles. The fraction of sp³-hybridized carbons (Fsp3) is 0. The highest BCUT2D eigenvalue weighted by Crippen LogP contribution is 2.19. The van der Waals surface area contributed by atoms with Gasteiger partial charge in [0.05, 0.1) is 12.3 Å². The third kappa shape index (κ3) is 1.70. The molecule has 0 radical (unpaired) electrons. The van der Waals surface area contributed by atoms with Crippen LogP contribution in [0.2, 0.25) is 0 Å². The molecular weight excluding hydrogens is 158 g/mol. The summed E-state index contributed by atoms with van der Waals surface area (Å²) in [6, 6.07) is -5.09. The van der Waals surface area contributed by atoms with Crippen molar-refractivity contribution in [3.63, 3.8) is 0 Å². The van der Waals surface area contributed by atoms with Gasteiger partial charge in [-0.05, 0) is 23.2 Å². The normalized spacial score (nSPS) is 19.5. The van der Waals surface area contributed by atoms with Gasteiger partial charge in [-0.1, -0.05) is 42.3 Å². The predicted molar refractivity (Wildman–Crippen MR) is 56.3 cm³/mol. The van der Waals surface area contributed by atoms with Crippen molar-refractivity contribution in [3.05, 3.63) is 54.4 Å². The van der Waals surface area contributed by atoms with E-state index in [1.54, 1.807) is 0 Å². The van der Waals surface area contributed by atoms with Crippen LogP contribution in [0, 0.1) is 0 Å². The summed E-state index contributed by atoms with van der Waals surface area (Å²) in [7, 11) is 0. The first kappa shape index (κ1) is 2.61. The summed E-state index contributed by atoms with van der Waals surface area (Å²) in [5.74, 6) is 0. The Kier molecular flexibility index (Phi) is 0.666. The minimum atomic E-state index is -0.607. The van der Waals surface area contributed by atoms with Crippen LogP contribution < -0.4 is 5.73 Å². The van der Waals surface area contributed by atoms with Crippen LogP contribution in [-0.4, -0.2) is 0 Å². The number of hydrogen-bond acceptors (Lipinski definition) is 1. The lowest BCUT2D eigenvalue weighted by atomic mass is 10.1. The van der Waals surface area contributed by atoms with Crippen molar-refractivity contribution in [2.45, 2.75) is 0 Å². The van der Waals surface area contributed by atoms with E-state index in [4.69, 9.17) is 18.1 Å². The molecule has 2 N–H and O–H groups in total. The van der Waals surface area contributed by atoms with Gasteiger partial charge in [-0.2, -0.15) is 0 Å². The molecule has 0 atom stereocenters. The van der Waals surface area contributed by atoms with Crippen LogP contribution in [0.25, 0.3) is 11.1 Å². The topological polar surface area (TPSA) is 26.0 Å². The van der Waals surface area contributed by atoms with E-state index in [-0.39, 0.29) is 16.8 Å². The number of rotatable bonds is 1. The molecule has 0 saturated carbocycles. The van der Waals surface area contributed by atoms with Gasteiger partial charge >= 0.3 is 0 Å². The van der Waals surface area contributed by atoms with Gasteiger partial charge in [-0.25, -0.2) is 0 Å². The van der Waals surface area contributed by atoms with Crippen molar-refractivity contribution < 1.29 is 12.3 Å². The van der Waals surface area contributed by atoms with Crippen molar-refractivity contribution in [1.29, 1.82) is 0 Å². The molecule has 1 nitrogen and oxygen atoms in total. The van der Waals surface area contributed by atoms with Gasteiger partial charge in [0.2, 0.25) is 0 Å². The van der Waals surface area contributed by atoms with Gasteiger partial charge in [0.25, 0.3) is 0 Å². The minimum absolute atomic E-state index is 0.355. The molecule has 1 heteroatoms. The van der Waals surface area contributed by atoms with E-state index in [1.165, 1.54) is 0 Å². The summed E-state index contributed by atoms with van der Waals surface area (Å²) in [5, 5.41) is 0. The molecule has 0 bridgehead atoms. The second-order valence-corrected chi connectivity index (χ2v) is 2.29. The Labute approximate surface area is 90.5 Å². The summed E-state index contributed by atoms with van der Waals surface area (Å²) in [5.41, 5.74) is 4.39. The maximum Gasteiger partial charge on any atom is 0.0645 e. The van der Waals surface area contributed by atoms with Crippen LogP contribution >= 0.6 is 0 Å². The van der Waals surface area contributed by atoms with Crippen LogP contribution in [0.3, 0.4) is 0 Å². The van der Waals surface area contributed by atoms with Crippen LogP contribution in [-0.2, 0) is 0 Å². The first-order valence-electron chi connectivity index (χ1n) is 8.04. The van der Waals surface area contributed by atoms with Crippen molar-refractivity contribution >= 4 is 5.69 Å². The molecule has 0 aliphatic carbocycles. The zero-order valence-electron chi connectivity index (χ0n) is 15.6. The van der Waals surface area contributed by atoms with Crippen molar-refractivity contribution in [1.82, 2.24) is 0 Å². The number of nitrogen functional groups attached to an aromatic ring is 1. The van der Waals surface area contributed by atoms with Crippen molar-refractivity contribution in [2.24, 2.45) is 0 Å². The summed E-state index contributed by atoms with van der Waals surface area (Å²) in [6.45, 7) is 0. The molecule has 0 unspecified atom stereocenters. The van der Waals surface area contributed by atoms with Crippen LogP contribution in [0.5, 0.6) is 0 Å². The highest BCUT2D eigenvalue weighted by molar-refractivity contribution is 5.65. The average Bonchev–Trinajstić information content (AvgIpc) is 2.50. The van der Waals surface area contributed by atoms with Crippen LogP contribution in [0.1, 0.15) is 12.3 Å². The number of benzene rings is 2. The third-order valence-corrected chi connectivity index (χ3v) is 1.39. The zero-order valence-corrected chi connectivity index (χ0v) is 6.58. The monoisotopic (exact) mass is 178 g/mol. The van der Waals surface area contributed by atoms with E-state index in [9.17, 15) is 0 Å². The van der Waals surface area contributed by atoms with Gasteiger partial charge < -0.3 is 5.73 Å². The van der Waals surface area contributed by atoms with Gasteiger partial charge in [-0.15, -0.1) is 0 Å². The lowest BCUT2D eigenvalue weighted by Gasteiger charge is -2.00. The third-order valence-electron chi connectivity index (χ3n) is 1.39. The van der Waals surface area contributed by atoms with E-state index < -0.39 is 54.4 Å². The quantitative estimate of drug-likeness (QED) is 0.667. The second-order valence-electron chi connectivity index (χ2n) is 2.29. The fourth-order valence-electron chi connectivity index (χ4n) is 0.822. The molecule has 0 aromatic heterocycles. The Morgan fingerprint density at radius 3 is 1.92 bits per heavy atom. The lowest BCUT2D eigenvalue weighted by Crippen LogP contribution is -1.83. The van der Waals surface area contributed by atoms with Crippen LogP contribution in [0.4, 0.5) is 5.69 Å². The Balaban J connectivity index is 3.03. The summed E-state index contributed by atoms with van der Waals surface area (Å²) >= 11 is 0. The van der Waals surface area contributed by atoms with Gasteiger partial charge in [0.1, 0.15) is 0 Å². The SMILES string of the molecule is [2H]c1c([2H])c([2H])c(-c2c([2H])c([2H])c(N)c([2H])c2[2H])c([2H])c1[2H]. The number of nitrogens with two attached hydrogens (primary N) is 1. The molecule has 0 heterocycles. The fourth-order valence-corrected chi connectivity index (χ4v) is 0.822.